The number of aromatic nitrogens is 2. The van der Waals surface area contributed by atoms with Gasteiger partial charge in [0.2, 0.25) is 0 Å². The molecule has 0 spiro atoms. The van der Waals surface area contributed by atoms with Crippen LogP contribution in [0.2, 0.25) is 0 Å². The Kier molecular flexibility index (Phi) is 5.64. The molecule has 92 valence electrons. The van der Waals surface area contributed by atoms with E-state index in [2.05, 4.69) is 9.97 Å². The van der Waals surface area contributed by atoms with Crippen LogP contribution in [0.5, 0.6) is 0 Å². The van der Waals surface area contributed by atoms with E-state index in [9.17, 15) is 0 Å². The van der Waals surface area contributed by atoms with Crippen molar-refractivity contribution < 1.29 is 0 Å². The molecule has 0 bridgehead atoms. The summed E-state index contributed by atoms with van der Waals surface area (Å²) in [5, 5.41) is 2.15. The molecule has 0 aromatic carbocycles. The van der Waals surface area contributed by atoms with Crippen LogP contribution in [0.1, 0.15) is 0 Å². The molecule has 0 N–H and O–H groups in total. The normalized spacial score (nSPS) is 12.0. The molecule has 0 saturated heterocycles. The Hall–Kier alpha value is -0.910. The monoisotopic (exact) mass is 292 g/mol. The Morgan fingerprint density at radius 3 is 2.11 bits per heavy atom. The first-order chi connectivity index (χ1) is 8.88. The van der Waals surface area contributed by atoms with Gasteiger partial charge in [-0.25, -0.2) is 0 Å². The van der Waals surface area contributed by atoms with Crippen LogP contribution in [0.4, 0.5) is 0 Å². The van der Waals surface area contributed by atoms with Crippen LogP contribution in [0.3, 0.4) is 0 Å². The Morgan fingerprint density at radius 2 is 1.56 bits per heavy atom. The maximum Gasteiger partial charge on any atom is 0.0471 e. The topological polar surface area (TPSA) is 25.8 Å². The van der Waals surface area contributed by atoms with Crippen molar-refractivity contribution in [2.75, 3.05) is 5.75 Å². The first-order valence-corrected chi connectivity index (χ1v) is 7.77. The summed E-state index contributed by atoms with van der Waals surface area (Å²) in [5.74, 6) is 0.959. The predicted octanol–water partition coefficient (Wildman–Crippen LogP) is 3.73. The third kappa shape index (κ3) is 4.40. The van der Waals surface area contributed by atoms with Gasteiger partial charge in [-0.2, -0.15) is 0 Å². The summed E-state index contributed by atoms with van der Waals surface area (Å²) in [4.78, 5) is 10.4. The van der Waals surface area contributed by atoms with E-state index < -0.39 is 0 Å². The number of rotatable bonds is 6. The van der Waals surface area contributed by atoms with Gasteiger partial charge in [-0.3, -0.25) is 9.97 Å². The Labute approximate surface area is 121 Å². The second-order valence-corrected chi connectivity index (χ2v) is 6.15. The third-order valence-corrected chi connectivity index (χ3v) is 5.15. The summed E-state index contributed by atoms with van der Waals surface area (Å²) < 4.78 is 0. The van der Waals surface area contributed by atoms with Crippen molar-refractivity contribution in [2.24, 2.45) is 0 Å². The van der Waals surface area contributed by atoms with Crippen molar-refractivity contribution in [1.29, 1.82) is 0 Å². The molecule has 2 aromatic rings. The fourth-order valence-corrected chi connectivity index (χ4v) is 3.62. The van der Waals surface area contributed by atoms with E-state index in [1.54, 1.807) is 35.9 Å². The van der Waals surface area contributed by atoms with Crippen molar-refractivity contribution in [2.45, 2.75) is 15.0 Å². The molecule has 2 rings (SSSR count). The van der Waals surface area contributed by atoms with Gasteiger partial charge in [-0.15, -0.1) is 23.5 Å². The maximum atomic E-state index is 5.10. The SMILES string of the molecule is S=CC(CSc1ccncc1)Sc1ccncc1. The van der Waals surface area contributed by atoms with Crippen molar-refractivity contribution >= 4 is 41.1 Å². The largest absolute Gasteiger partial charge is 0.265 e. The summed E-state index contributed by atoms with van der Waals surface area (Å²) in [7, 11) is 0. The van der Waals surface area contributed by atoms with Crippen molar-refractivity contribution in [3.63, 3.8) is 0 Å². The second-order valence-electron chi connectivity index (χ2n) is 3.47. The highest BCUT2D eigenvalue weighted by Gasteiger charge is 2.08. The fraction of sp³-hybridized carbons (Fsp3) is 0.154. The lowest BCUT2D eigenvalue weighted by atomic mass is 10.5. The standard InChI is InChI=1S/C13H12N2S3/c16-9-13(18-12-3-7-15-8-4-12)10-17-11-1-5-14-6-2-11/h1-9,13H,10H2. The smallest absolute Gasteiger partial charge is 0.0471 e. The van der Waals surface area contributed by atoms with E-state index in [1.165, 1.54) is 9.79 Å². The molecular formula is C13H12N2S3. The average molecular weight is 292 g/mol. The Morgan fingerprint density at radius 1 is 1.00 bits per heavy atom. The first-order valence-electron chi connectivity index (χ1n) is 5.43. The molecule has 2 aromatic heterocycles. The fourth-order valence-electron chi connectivity index (χ4n) is 1.31. The van der Waals surface area contributed by atoms with Gasteiger partial charge in [0.05, 0.1) is 0 Å². The summed E-state index contributed by atoms with van der Waals surface area (Å²) in [5.41, 5.74) is 0. The average Bonchev–Trinajstić information content (AvgIpc) is 2.45. The van der Waals surface area contributed by atoms with Gasteiger partial charge in [0.15, 0.2) is 0 Å². The molecule has 0 aliphatic rings. The van der Waals surface area contributed by atoms with E-state index in [-0.39, 0.29) is 0 Å². The quantitative estimate of drug-likeness (QED) is 0.597. The molecule has 0 aliphatic carbocycles. The molecule has 0 aliphatic heterocycles. The molecule has 0 fully saturated rings. The number of hydrogen-bond donors (Lipinski definition) is 0. The van der Waals surface area contributed by atoms with Gasteiger partial charge in [0, 0.05) is 45.6 Å². The Bertz CT molecular complexity index is 476. The molecule has 0 saturated carbocycles. The summed E-state index contributed by atoms with van der Waals surface area (Å²) in [6.07, 6.45) is 7.23. The van der Waals surface area contributed by atoms with Gasteiger partial charge < -0.3 is 0 Å². The lowest BCUT2D eigenvalue weighted by molar-refractivity contribution is 1.25. The highest BCUT2D eigenvalue weighted by atomic mass is 32.2. The lowest BCUT2D eigenvalue weighted by Gasteiger charge is -2.10. The van der Waals surface area contributed by atoms with Crippen LogP contribution in [-0.2, 0) is 0 Å². The molecule has 1 atom stereocenters. The number of thioether (sulfide) groups is 2. The van der Waals surface area contributed by atoms with E-state index in [4.69, 9.17) is 12.2 Å². The van der Waals surface area contributed by atoms with Gasteiger partial charge >= 0.3 is 0 Å². The number of pyridine rings is 2. The van der Waals surface area contributed by atoms with Crippen LogP contribution in [0, 0.1) is 0 Å². The van der Waals surface area contributed by atoms with Crippen LogP contribution < -0.4 is 0 Å². The van der Waals surface area contributed by atoms with Crippen molar-refractivity contribution in [3.05, 3.63) is 49.1 Å². The molecule has 2 heterocycles. The van der Waals surface area contributed by atoms with E-state index >= 15 is 0 Å². The highest BCUT2D eigenvalue weighted by molar-refractivity contribution is 8.04. The Balaban J connectivity index is 1.88. The minimum atomic E-state index is 0.320. The van der Waals surface area contributed by atoms with Gasteiger partial charge in [0.25, 0.3) is 0 Å². The van der Waals surface area contributed by atoms with Crippen LogP contribution in [0.25, 0.3) is 0 Å². The minimum absolute atomic E-state index is 0.320. The van der Waals surface area contributed by atoms with E-state index in [0.29, 0.717) is 5.25 Å². The van der Waals surface area contributed by atoms with Gasteiger partial charge in [-0.1, -0.05) is 12.2 Å². The van der Waals surface area contributed by atoms with Crippen molar-refractivity contribution in [1.82, 2.24) is 9.97 Å². The van der Waals surface area contributed by atoms with Crippen LogP contribution in [0.15, 0.2) is 58.8 Å². The minimum Gasteiger partial charge on any atom is -0.265 e. The van der Waals surface area contributed by atoms with E-state index in [1.807, 2.05) is 42.0 Å². The maximum absolute atomic E-state index is 5.10. The molecular weight excluding hydrogens is 280 g/mol. The highest BCUT2D eigenvalue weighted by Crippen LogP contribution is 2.27. The zero-order valence-corrected chi connectivity index (χ0v) is 12.0. The van der Waals surface area contributed by atoms with Crippen molar-refractivity contribution in [3.8, 4) is 0 Å². The zero-order valence-electron chi connectivity index (χ0n) is 9.60. The second kappa shape index (κ2) is 7.51. The van der Waals surface area contributed by atoms with E-state index in [0.717, 1.165) is 5.75 Å². The number of thiocarbonyl (C=S) groups is 1. The molecule has 18 heavy (non-hydrogen) atoms. The number of nitrogens with zero attached hydrogens (tertiary/aromatic N) is 2. The predicted molar refractivity (Wildman–Crippen MR) is 82.5 cm³/mol. The lowest BCUT2D eigenvalue weighted by Crippen LogP contribution is -2.06. The third-order valence-electron chi connectivity index (χ3n) is 2.15. The molecule has 0 amide bonds. The molecule has 5 heteroatoms. The molecule has 0 radical (unpaired) electrons. The molecule has 1 unspecified atom stereocenters. The van der Waals surface area contributed by atoms with Gasteiger partial charge in [-0.05, 0) is 29.6 Å². The number of hydrogen-bond acceptors (Lipinski definition) is 5. The first kappa shape index (κ1) is 13.5. The summed E-state index contributed by atoms with van der Waals surface area (Å²) >= 11 is 8.67. The van der Waals surface area contributed by atoms with Crippen LogP contribution >= 0.6 is 35.7 Å². The summed E-state index contributed by atoms with van der Waals surface area (Å²) in [6, 6.07) is 8.05. The van der Waals surface area contributed by atoms with Gasteiger partial charge in [0.1, 0.15) is 0 Å². The molecule has 2 nitrogen and oxygen atoms in total. The summed E-state index contributed by atoms with van der Waals surface area (Å²) in [6.45, 7) is 0. The van der Waals surface area contributed by atoms with Crippen LogP contribution in [-0.4, -0.2) is 26.3 Å². The zero-order chi connectivity index (χ0) is 12.6.